The van der Waals surface area contributed by atoms with E-state index in [0.29, 0.717) is 12.2 Å². The van der Waals surface area contributed by atoms with Crippen molar-refractivity contribution in [2.45, 2.75) is 6.61 Å². The molecule has 0 aromatic heterocycles. The molecule has 4 heteroatoms. The van der Waals surface area contributed by atoms with Gasteiger partial charge < -0.3 is 9.47 Å². The van der Waals surface area contributed by atoms with Crippen molar-refractivity contribution in [2.75, 3.05) is 6.61 Å². The van der Waals surface area contributed by atoms with Gasteiger partial charge in [-0.05, 0) is 41.5 Å². The lowest BCUT2D eigenvalue weighted by Gasteiger charge is -2.03. The molecule has 2 aromatic rings. The predicted octanol–water partition coefficient (Wildman–Crippen LogP) is 3.88. The average Bonchev–Trinajstić information content (AvgIpc) is 2.64. The molecule has 0 N–H and O–H groups in total. The highest BCUT2D eigenvalue weighted by Gasteiger charge is 2.00. The minimum absolute atomic E-state index is 0.132. The minimum Gasteiger partial charge on any atom is -0.490 e. The van der Waals surface area contributed by atoms with Crippen LogP contribution in [0.3, 0.4) is 0 Å². The second-order valence-electron chi connectivity index (χ2n) is 4.92. The van der Waals surface area contributed by atoms with E-state index < -0.39 is 5.97 Å². The highest BCUT2D eigenvalue weighted by atomic mass is 16.5. The van der Waals surface area contributed by atoms with Crippen molar-refractivity contribution in [1.82, 2.24) is 0 Å². The maximum atomic E-state index is 11.7. The van der Waals surface area contributed by atoms with Crippen molar-refractivity contribution in [3.05, 3.63) is 84.0 Å². The fourth-order valence-corrected chi connectivity index (χ4v) is 1.93. The molecule has 0 heterocycles. The van der Waals surface area contributed by atoms with Crippen molar-refractivity contribution < 1.29 is 14.3 Å². The summed E-state index contributed by atoms with van der Waals surface area (Å²) in [5.41, 5.74) is 2.18. The van der Waals surface area contributed by atoms with Gasteiger partial charge in [0, 0.05) is 6.08 Å². The van der Waals surface area contributed by atoms with E-state index in [1.807, 2.05) is 30.3 Å². The first-order valence-electron chi connectivity index (χ1n) is 7.39. The van der Waals surface area contributed by atoms with Crippen LogP contribution >= 0.6 is 0 Å². The van der Waals surface area contributed by atoms with Crippen LogP contribution in [0.5, 0.6) is 5.75 Å². The van der Waals surface area contributed by atoms with Crippen molar-refractivity contribution in [3.63, 3.8) is 0 Å². The fraction of sp³-hybridized carbons (Fsp3) is 0.100. The summed E-state index contributed by atoms with van der Waals surface area (Å²) in [6.45, 7) is 4.17. The summed E-state index contributed by atoms with van der Waals surface area (Å²) in [5, 5.41) is 8.83. The number of rotatable bonds is 7. The molecule has 0 saturated heterocycles. The summed E-state index contributed by atoms with van der Waals surface area (Å²) in [7, 11) is 0. The van der Waals surface area contributed by atoms with Gasteiger partial charge in [-0.25, -0.2) is 4.79 Å². The zero-order valence-corrected chi connectivity index (χ0v) is 13.1. The van der Waals surface area contributed by atoms with Crippen molar-refractivity contribution in [2.24, 2.45) is 0 Å². The van der Waals surface area contributed by atoms with E-state index in [4.69, 9.17) is 14.7 Å². The van der Waals surface area contributed by atoms with Crippen LogP contribution in [0.2, 0.25) is 0 Å². The Kier molecular flexibility index (Phi) is 6.36. The predicted molar refractivity (Wildman–Crippen MR) is 92.1 cm³/mol. The maximum absolute atomic E-state index is 11.7. The molecule has 24 heavy (non-hydrogen) atoms. The van der Waals surface area contributed by atoms with E-state index in [1.165, 1.54) is 6.08 Å². The standard InChI is InChI=1S/C20H17NO3/c1-2-12-23-19-9-6-16(7-10-19)8-11-20(22)24-15-18-5-3-4-17(13-18)14-21/h2-11,13H,1,12,15H2/b11-8+. The van der Waals surface area contributed by atoms with Crippen LogP contribution in [0.25, 0.3) is 6.08 Å². The highest BCUT2D eigenvalue weighted by Crippen LogP contribution is 2.13. The lowest BCUT2D eigenvalue weighted by atomic mass is 10.1. The first-order valence-corrected chi connectivity index (χ1v) is 7.39. The van der Waals surface area contributed by atoms with Crippen LogP contribution in [0.4, 0.5) is 0 Å². The zero-order valence-electron chi connectivity index (χ0n) is 13.1. The number of nitriles is 1. The Labute approximate surface area is 141 Å². The summed E-state index contributed by atoms with van der Waals surface area (Å²) < 4.78 is 10.5. The number of hydrogen-bond acceptors (Lipinski definition) is 4. The molecule has 0 aliphatic carbocycles. The second kappa shape index (κ2) is 8.96. The Hall–Kier alpha value is -3.32. The highest BCUT2D eigenvalue weighted by molar-refractivity contribution is 5.87. The molecule has 4 nitrogen and oxygen atoms in total. The number of hydrogen-bond donors (Lipinski definition) is 0. The third-order valence-corrected chi connectivity index (χ3v) is 3.10. The fourth-order valence-electron chi connectivity index (χ4n) is 1.93. The van der Waals surface area contributed by atoms with Gasteiger partial charge in [0.25, 0.3) is 0 Å². The van der Waals surface area contributed by atoms with Gasteiger partial charge in [-0.15, -0.1) is 0 Å². The Morgan fingerprint density at radius 3 is 2.71 bits per heavy atom. The molecule has 0 bridgehead atoms. The molecule has 2 aromatic carbocycles. The first-order chi connectivity index (χ1) is 11.7. The maximum Gasteiger partial charge on any atom is 0.331 e. The molecule has 0 aliphatic rings. The number of nitrogens with zero attached hydrogens (tertiary/aromatic N) is 1. The Morgan fingerprint density at radius 2 is 2.00 bits per heavy atom. The largest absolute Gasteiger partial charge is 0.490 e. The molecular formula is C20H17NO3. The van der Waals surface area contributed by atoms with Gasteiger partial charge in [-0.2, -0.15) is 5.26 Å². The van der Waals surface area contributed by atoms with Crippen molar-refractivity contribution >= 4 is 12.0 Å². The molecule has 0 unspecified atom stereocenters. The van der Waals surface area contributed by atoms with Crippen molar-refractivity contribution in [1.29, 1.82) is 5.26 Å². The SMILES string of the molecule is C=CCOc1ccc(/C=C/C(=O)OCc2cccc(C#N)c2)cc1. The van der Waals surface area contributed by atoms with Crippen LogP contribution in [-0.4, -0.2) is 12.6 Å². The molecule has 0 radical (unpaired) electrons. The zero-order chi connectivity index (χ0) is 17.2. The van der Waals surface area contributed by atoms with Gasteiger partial charge in [0.1, 0.15) is 19.0 Å². The summed E-state index contributed by atoms with van der Waals surface area (Å²) in [6, 6.07) is 16.3. The van der Waals surface area contributed by atoms with E-state index in [2.05, 4.69) is 6.58 Å². The molecule has 0 spiro atoms. The molecule has 0 amide bonds. The summed E-state index contributed by atoms with van der Waals surface area (Å²) >= 11 is 0. The summed E-state index contributed by atoms with van der Waals surface area (Å²) in [4.78, 5) is 11.7. The van der Waals surface area contributed by atoms with Gasteiger partial charge in [0.05, 0.1) is 11.6 Å². The molecule has 120 valence electrons. The van der Waals surface area contributed by atoms with Gasteiger partial charge in [0.2, 0.25) is 0 Å². The minimum atomic E-state index is -0.440. The van der Waals surface area contributed by atoms with Gasteiger partial charge in [0.15, 0.2) is 0 Å². The van der Waals surface area contributed by atoms with Crippen LogP contribution in [0.1, 0.15) is 16.7 Å². The topological polar surface area (TPSA) is 59.3 Å². The number of benzene rings is 2. The average molecular weight is 319 g/mol. The van der Waals surface area contributed by atoms with E-state index in [9.17, 15) is 4.79 Å². The molecule has 0 saturated carbocycles. The first kappa shape index (κ1) is 17.0. The van der Waals surface area contributed by atoms with Gasteiger partial charge >= 0.3 is 5.97 Å². The smallest absolute Gasteiger partial charge is 0.331 e. The molecule has 0 aliphatic heterocycles. The van der Waals surface area contributed by atoms with Crippen LogP contribution < -0.4 is 4.74 Å². The Balaban J connectivity index is 1.86. The Bertz CT molecular complexity index is 770. The number of carbonyl (C=O) groups is 1. The summed E-state index contributed by atoms with van der Waals surface area (Å²) in [6.07, 6.45) is 4.72. The van der Waals surface area contributed by atoms with E-state index in [-0.39, 0.29) is 6.61 Å². The Morgan fingerprint density at radius 1 is 1.21 bits per heavy atom. The lowest BCUT2D eigenvalue weighted by molar-refractivity contribution is -0.138. The van der Waals surface area contributed by atoms with Crippen LogP contribution in [-0.2, 0) is 16.1 Å². The number of esters is 1. The third-order valence-electron chi connectivity index (χ3n) is 3.10. The monoisotopic (exact) mass is 319 g/mol. The third kappa shape index (κ3) is 5.47. The molecule has 0 atom stereocenters. The van der Waals surface area contributed by atoms with E-state index in [0.717, 1.165) is 16.9 Å². The molecule has 0 fully saturated rings. The summed E-state index contributed by atoms with van der Waals surface area (Å²) in [5.74, 6) is 0.302. The second-order valence-corrected chi connectivity index (χ2v) is 4.92. The van der Waals surface area contributed by atoms with Crippen molar-refractivity contribution in [3.8, 4) is 11.8 Å². The van der Waals surface area contributed by atoms with Crippen LogP contribution in [0, 0.1) is 11.3 Å². The quantitative estimate of drug-likeness (QED) is 0.441. The van der Waals surface area contributed by atoms with Gasteiger partial charge in [-0.3, -0.25) is 0 Å². The number of ether oxygens (including phenoxy) is 2. The molecule has 2 rings (SSSR count). The van der Waals surface area contributed by atoms with E-state index in [1.54, 1.807) is 36.4 Å². The normalized spacial score (nSPS) is 10.1. The van der Waals surface area contributed by atoms with Gasteiger partial charge in [-0.1, -0.05) is 36.9 Å². The number of carbonyl (C=O) groups excluding carboxylic acids is 1. The van der Waals surface area contributed by atoms with E-state index >= 15 is 0 Å². The van der Waals surface area contributed by atoms with Crippen LogP contribution in [0.15, 0.2) is 67.3 Å². The lowest BCUT2D eigenvalue weighted by Crippen LogP contribution is -2.00. The molecular weight excluding hydrogens is 302 g/mol.